The summed E-state index contributed by atoms with van der Waals surface area (Å²) in [6.07, 6.45) is 2.14. The topological polar surface area (TPSA) is 21.3 Å². The second kappa shape index (κ2) is 7.46. The summed E-state index contributed by atoms with van der Waals surface area (Å²) in [7, 11) is 2.03. The third-order valence-corrected chi connectivity index (χ3v) is 3.28. The number of hydrogen-bond acceptors (Lipinski definition) is 2. The number of benzene rings is 1. The van der Waals surface area contributed by atoms with E-state index in [2.05, 4.69) is 37.4 Å². The average Bonchev–Trinajstić information content (AvgIpc) is 2.32. The Balaban J connectivity index is 2.51. The normalized spacial score (nSPS) is 12.7. The molecule has 0 radical (unpaired) electrons. The molecule has 0 bridgehead atoms. The van der Waals surface area contributed by atoms with Crippen molar-refractivity contribution in [2.24, 2.45) is 0 Å². The van der Waals surface area contributed by atoms with Crippen molar-refractivity contribution in [3.8, 4) is 0 Å². The van der Waals surface area contributed by atoms with E-state index in [1.54, 1.807) is 0 Å². The Bertz CT molecular complexity index is 336. The van der Waals surface area contributed by atoms with Gasteiger partial charge in [-0.1, -0.05) is 18.2 Å². The molecule has 2 nitrogen and oxygen atoms in total. The minimum Gasteiger partial charge on any atom is -0.382 e. The molecule has 1 N–H and O–H groups in total. The number of likely N-dealkylation sites (N-methyl/N-ethyl adjacent to an activating group) is 1. The van der Waals surface area contributed by atoms with Crippen LogP contribution in [0.1, 0.15) is 30.0 Å². The Kier molecular flexibility index (Phi) is 6.23. The van der Waals surface area contributed by atoms with Crippen LogP contribution in [-0.4, -0.2) is 26.3 Å². The Morgan fingerprint density at radius 1 is 1.24 bits per heavy atom. The highest BCUT2D eigenvalue weighted by Gasteiger charge is 2.07. The number of nitrogens with one attached hydrogen (secondary N) is 1. The van der Waals surface area contributed by atoms with Crippen LogP contribution in [0.25, 0.3) is 0 Å². The van der Waals surface area contributed by atoms with Gasteiger partial charge in [0, 0.05) is 19.3 Å². The standard InChI is InChI=1S/C15H25NO/c1-5-17-9-8-15(16-4)11-14-7-6-12(2)13(3)10-14/h6-7,10,15-16H,5,8-9,11H2,1-4H3. The molecule has 1 rings (SSSR count). The van der Waals surface area contributed by atoms with E-state index in [0.29, 0.717) is 6.04 Å². The van der Waals surface area contributed by atoms with Gasteiger partial charge < -0.3 is 10.1 Å². The van der Waals surface area contributed by atoms with E-state index in [1.165, 1.54) is 16.7 Å². The Hall–Kier alpha value is -0.860. The number of rotatable bonds is 7. The van der Waals surface area contributed by atoms with Crippen LogP contribution in [0.4, 0.5) is 0 Å². The van der Waals surface area contributed by atoms with Crippen LogP contribution >= 0.6 is 0 Å². The molecular weight excluding hydrogens is 210 g/mol. The summed E-state index contributed by atoms with van der Waals surface area (Å²) in [5.74, 6) is 0. The van der Waals surface area contributed by atoms with Crippen LogP contribution in [0.5, 0.6) is 0 Å². The summed E-state index contributed by atoms with van der Waals surface area (Å²) >= 11 is 0. The molecule has 0 aliphatic carbocycles. The van der Waals surface area contributed by atoms with Crippen LogP contribution in [0.3, 0.4) is 0 Å². The summed E-state index contributed by atoms with van der Waals surface area (Å²) in [6.45, 7) is 8.02. The second-order valence-electron chi connectivity index (χ2n) is 4.59. The van der Waals surface area contributed by atoms with Crippen molar-refractivity contribution in [2.75, 3.05) is 20.3 Å². The van der Waals surface area contributed by atoms with E-state index < -0.39 is 0 Å². The molecule has 0 saturated carbocycles. The quantitative estimate of drug-likeness (QED) is 0.734. The molecule has 0 aliphatic heterocycles. The van der Waals surface area contributed by atoms with Gasteiger partial charge in [-0.05, 0) is 57.4 Å². The van der Waals surface area contributed by atoms with Crippen molar-refractivity contribution in [3.05, 3.63) is 34.9 Å². The lowest BCUT2D eigenvalue weighted by Gasteiger charge is -2.16. The first kappa shape index (κ1) is 14.2. The van der Waals surface area contributed by atoms with E-state index in [9.17, 15) is 0 Å². The molecule has 96 valence electrons. The SMILES string of the molecule is CCOCCC(Cc1ccc(C)c(C)c1)NC. The van der Waals surface area contributed by atoms with Crippen LogP contribution in [0.2, 0.25) is 0 Å². The van der Waals surface area contributed by atoms with Gasteiger partial charge in [0.15, 0.2) is 0 Å². The van der Waals surface area contributed by atoms with E-state index >= 15 is 0 Å². The lowest BCUT2D eigenvalue weighted by Crippen LogP contribution is -2.29. The molecule has 0 saturated heterocycles. The fourth-order valence-electron chi connectivity index (χ4n) is 1.93. The molecule has 1 aromatic carbocycles. The molecule has 1 aromatic rings. The first-order chi connectivity index (χ1) is 8.17. The van der Waals surface area contributed by atoms with Crippen molar-refractivity contribution in [2.45, 2.75) is 39.7 Å². The Labute approximate surface area is 105 Å². The second-order valence-corrected chi connectivity index (χ2v) is 4.59. The van der Waals surface area contributed by atoms with Gasteiger partial charge in [-0.25, -0.2) is 0 Å². The molecule has 1 unspecified atom stereocenters. The van der Waals surface area contributed by atoms with Crippen LogP contribution in [-0.2, 0) is 11.2 Å². The third-order valence-electron chi connectivity index (χ3n) is 3.28. The molecule has 0 aromatic heterocycles. The highest BCUT2D eigenvalue weighted by Crippen LogP contribution is 2.12. The van der Waals surface area contributed by atoms with Gasteiger partial charge in [0.05, 0.1) is 0 Å². The van der Waals surface area contributed by atoms with Crippen molar-refractivity contribution in [1.82, 2.24) is 5.32 Å². The molecule has 0 heterocycles. The van der Waals surface area contributed by atoms with E-state index in [4.69, 9.17) is 4.74 Å². The van der Waals surface area contributed by atoms with Gasteiger partial charge in [-0.2, -0.15) is 0 Å². The Morgan fingerprint density at radius 2 is 2.00 bits per heavy atom. The molecule has 0 amide bonds. The van der Waals surface area contributed by atoms with Crippen LogP contribution < -0.4 is 5.32 Å². The summed E-state index contributed by atoms with van der Waals surface area (Å²) in [4.78, 5) is 0. The van der Waals surface area contributed by atoms with Crippen molar-refractivity contribution >= 4 is 0 Å². The van der Waals surface area contributed by atoms with Gasteiger partial charge in [0.2, 0.25) is 0 Å². The zero-order chi connectivity index (χ0) is 12.7. The largest absolute Gasteiger partial charge is 0.382 e. The van der Waals surface area contributed by atoms with E-state index in [0.717, 1.165) is 26.1 Å². The highest BCUT2D eigenvalue weighted by atomic mass is 16.5. The average molecular weight is 235 g/mol. The monoisotopic (exact) mass is 235 g/mol. The lowest BCUT2D eigenvalue weighted by atomic mass is 9.99. The summed E-state index contributed by atoms with van der Waals surface area (Å²) in [5.41, 5.74) is 4.15. The number of aryl methyl sites for hydroxylation is 2. The van der Waals surface area contributed by atoms with Crippen LogP contribution in [0, 0.1) is 13.8 Å². The first-order valence-corrected chi connectivity index (χ1v) is 6.48. The number of ether oxygens (including phenoxy) is 1. The van der Waals surface area contributed by atoms with Gasteiger partial charge in [0.25, 0.3) is 0 Å². The van der Waals surface area contributed by atoms with Crippen LogP contribution in [0.15, 0.2) is 18.2 Å². The zero-order valence-electron chi connectivity index (χ0n) is 11.5. The number of hydrogen-bond donors (Lipinski definition) is 1. The predicted molar refractivity (Wildman–Crippen MR) is 73.6 cm³/mol. The molecule has 0 spiro atoms. The van der Waals surface area contributed by atoms with E-state index in [-0.39, 0.29) is 0 Å². The third kappa shape index (κ3) is 4.88. The maximum Gasteiger partial charge on any atom is 0.0480 e. The molecule has 17 heavy (non-hydrogen) atoms. The fourth-order valence-corrected chi connectivity index (χ4v) is 1.93. The predicted octanol–water partition coefficient (Wildman–Crippen LogP) is 2.86. The smallest absolute Gasteiger partial charge is 0.0480 e. The maximum absolute atomic E-state index is 5.41. The van der Waals surface area contributed by atoms with Crippen molar-refractivity contribution in [1.29, 1.82) is 0 Å². The molecular formula is C15H25NO. The molecule has 0 fully saturated rings. The summed E-state index contributed by atoms with van der Waals surface area (Å²) < 4.78 is 5.41. The van der Waals surface area contributed by atoms with Crippen molar-refractivity contribution < 1.29 is 4.74 Å². The maximum atomic E-state index is 5.41. The van der Waals surface area contributed by atoms with Gasteiger partial charge >= 0.3 is 0 Å². The zero-order valence-corrected chi connectivity index (χ0v) is 11.5. The lowest BCUT2D eigenvalue weighted by molar-refractivity contribution is 0.137. The molecule has 0 aliphatic rings. The Morgan fingerprint density at radius 3 is 2.59 bits per heavy atom. The first-order valence-electron chi connectivity index (χ1n) is 6.48. The molecule has 2 heteroatoms. The highest BCUT2D eigenvalue weighted by molar-refractivity contribution is 5.30. The van der Waals surface area contributed by atoms with Gasteiger partial charge in [-0.3, -0.25) is 0 Å². The van der Waals surface area contributed by atoms with Gasteiger partial charge in [-0.15, -0.1) is 0 Å². The molecule has 1 atom stereocenters. The fraction of sp³-hybridized carbons (Fsp3) is 0.600. The summed E-state index contributed by atoms with van der Waals surface area (Å²) in [6, 6.07) is 7.23. The minimum atomic E-state index is 0.503. The summed E-state index contributed by atoms with van der Waals surface area (Å²) in [5, 5.41) is 3.36. The van der Waals surface area contributed by atoms with Gasteiger partial charge in [0.1, 0.15) is 0 Å². The van der Waals surface area contributed by atoms with E-state index in [1.807, 2.05) is 14.0 Å². The van der Waals surface area contributed by atoms with Crippen molar-refractivity contribution in [3.63, 3.8) is 0 Å². The minimum absolute atomic E-state index is 0.503.